The second kappa shape index (κ2) is 8.82. The van der Waals surface area contributed by atoms with Gasteiger partial charge in [0.1, 0.15) is 29.1 Å². The summed E-state index contributed by atoms with van der Waals surface area (Å²) in [5.74, 6) is 1.76. The van der Waals surface area contributed by atoms with Crippen molar-refractivity contribution < 1.29 is 14.3 Å². The van der Waals surface area contributed by atoms with Gasteiger partial charge in [-0.2, -0.15) is 9.61 Å². The van der Waals surface area contributed by atoms with Crippen molar-refractivity contribution in [3.8, 4) is 5.88 Å². The summed E-state index contributed by atoms with van der Waals surface area (Å²) >= 11 is 0. The van der Waals surface area contributed by atoms with E-state index >= 15 is 0 Å². The Morgan fingerprint density at radius 3 is 2.87 bits per heavy atom. The van der Waals surface area contributed by atoms with Crippen molar-refractivity contribution in [2.45, 2.75) is 18.9 Å². The van der Waals surface area contributed by atoms with Crippen molar-refractivity contribution in [3.63, 3.8) is 0 Å². The molecule has 0 radical (unpaired) electrons. The maximum atomic E-state index is 11.7. The number of amides is 2. The summed E-state index contributed by atoms with van der Waals surface area (Å²) in [5, 5.41) is 15.9. The van der Waals surface area contributed by atoms with Gasteiger partial charge in [-0.15, -0.1) is 0 Å². The summed E-state index contributed by atoms with van der Waals surface area (Å²) in [5.41, 5.74) is 1.67. The summed E-state index contributed by atoms with van der Waals surface area (Å²) < 4.78 is 13.1. The van der Waals surface area contributed by atoms with Crippen molar-refractivity contribution in [2.24, 2.45) is 0 Å². The predicted molar refractivity (Wildman–Crippen MR) is 113 cm³/mol. The molecular formula is C19H24N8O3. The molecule has 0 spiro atoms. The van der Waals surface area contributed by atoms with Crippen LogP contribution in [0.5, 0.6) is 5.88 Å². The molecule has 158 valence electrons. The molecule has 1 aliphatic heterocycles. The highest BCUT2D eigenvalue weighted by Gasteiger charge is 2.19. The Bertz CT molecular complexity index is 1030. The zero-order valence-corrected chi connectivity index (χ0v) is 16.8. The standard InChI is InChI=1S/C19H24N8O3/c1-20-16-10-15(26-17-14(11-23-27(16)17)25-19(28)21-2)24-13-4-3-7-22-18(13)30-12-5-8-29-9-6-12/h3-4,7,10-12,20H,5-6,8-9H2,1-2H3,(H,24,26)(H2,21,25,28). The first-order chi connectivity index (χ1) is 14.7. The lowest BCUT2D eigenvalue weighted by Gasteiger charge is -2.23. The molecule has 4 heterocycles. The van der Waals surface area contributed by atoms with Crippen molar-refractivity contribution in [3.05, 3.63) is 30.6 Å². The number of urea groups is 1. The minimum absolute atomic E-state index is 0.0655. The summed E-state index contributed by atoms with van der Waals surface area (Å²) in [6.45, 7) is 1.37. The zero-order valence-electron chi connectivity index (χ0n) is 16.8. The molecule has 11 heteroatoms. The van der Waals surface area contributed by atoms with Gasteiger partial charge in [0.25, 0.3) is 0 Å². The maximum Gasteiger partial charge on any atom is 0.319 e. The van der Waals surface area contributed by atoms with Crippen LogP contribution >= 0.6 is 0 Å². The number of carbonyl (C=O) groups is 1. The third kappa shape index (κ3) is 4.20. The molecule has 0 aliphatic carbocycles. The van der Waals surface area contributed by atoms with E-state index in [1.807, 2.05) is 18.2 Å². The van der Waals surface area contributed by atoms with Crippen LogP contribution in [0.15, 0.2) is 30.6 Å². The van der Waals surface area contributed by atoms with Gasteiger partial charge in [-0.1, -0.05) is 0 Å². The third-order valence-corrected chi connectivity index (χ3v) is 4.68. The van der Waals surface area contributed by atoms with E-state index < -0.39 is 0 Å². The molecule has 11 nitrogen and oxygen atoms in total. The Hall–Kier alpha value is -3.60. The van der Waals surface area contributed by atoms with E-state index in [2.05, 4.69) is 36.3 Å². The van der Waals surface area contributed by atoms with Gasteiger partial charge in [-0.05, 0) is 12.1 Å². The molecule has 0 bridgehead atoms. The van der Waals surface area contributed by atoms with Gasteiger partial charge in [0.15, 0.2) is 5.65 Å². The van der Waals surface area contributed by atoms with Crippen LogP contribution in [0, 0.1) is 0 Å². The average Bonchev–Trinajstić information content (AvgIpc) is 3.17. The molecule has 0 saturated carbocycles. The highest BCUT2D eigenvalue weighted by atomic mass is 16.5. The first kappa shape index (κ1) is 19.7. The summed E-state index contributed by atoms with van der Waals surface area (Å²) in [6.07, 6.45) is 4.96. The number of pyridine rings is 1. The van der Waals surface area contributed by atoms with Gasteiger partial charge < -0.3 is 30.7 Å². The molecular weight excluding hydrogens is 388 g/mol. The Morgan fingerprint density at radius 1 is 1.27 bits per heavy atom. The third-order valence-electron chi connectivity index (χ3n) is 4.68. The molecule has 3 aromatic rings. The van der Waals surface area contributed by atoms with Gasteiger partial charge in [0.05, 0.1) is 19.4 Å². The van der Waals surface area contributed by atoms with E-state index in [-0.39, 0.29) is 12.1 Å². The molecule has 1 aliphatic rings. The number of aromatic nitrogens is 4. The van der Waals surface area contributed by atoms with Gasteiger partial charge in [0.2, 0.25) is 5.88 Å². The van der Waals surface area contributed by atoms with E-state index in [0.29, 0.717) is 47.8 Å². The molecule has 0 atom stereocenters. The summed E-state index contributed by atoms with van der Waals surface area (Å²) in [7, 11) is 3.33. The van der Waals surface area contributed by atoms with E-state index in [4.69, 9.17) is 9.47 Å². The lowest BCUT2D eigenvalue weighted by molar-refractivity contribution is 0.0240. The Kier molecular flexibility index (Phi) is 5.80. The molecule has 0 aromatic carbocycles. The van der Waals surface area contributed by atoms with E-state index in [1.54, 1.807) is 31.0 Å². The molecule has 3 aromatic heterocycles. The number of nitrogens with one attached hydrogen (secondary N) is 4. The van der Waals surface area contributed by atoms with Crippen LogP contribution in [0.3, 0.4) is 0 Å². The normalized spacial score (nSPS) is 14.3. The number of nitrogens with zero attached hydrogens (tertiary/aromatic N) is 4. The second-order valence-corrected chi connectivity index (χ2v) is 6.69. The average molecular weight is 412 g/mol. The van der Waals surface area contributed by atoms with Crippen molar-refractivity contribution >= 4 is 34.7 Å². The molecule has 4 N–H and O–H groups in total. The topological polar surface area (TPSA) is 127 Å². The van der Waals surface area contributed by atoms with Crippen LogP contribution in [0.4, 0.5) is 27.8 Å². The Morgan fingerprint density at radius 2 is 2.10 bits per heavy atom. The monoisotopic (exact) mass is 412 g/mol. The number of hydrogen-bond donors (Lipinski definition) is 4. The fourth-order valence-corrected chi connectivity index (χ4v) is 3.15. The molecule has 0 unspecified atom stereocenters. The largest absolute Gasteiger partial charge is 0.473 e. The predicted octanol–water partition coefficient (Wildman–Crippen LogP) is 2.22. The number of anilines is 4. The summed E-state index contributed by atoms with van der Waals surface area (Å²) in [4.78, 5) is 20.7. The van der Waals surface area contributed by atoms with E-state index in [9.17, 15) is 4.79 Å². The maximum absolute atomic E-state index is 11.7. The first-order valence-electron chi connectivity index (χ1n) is 9.69. The highest BCUT2D eigenvalue weighted by Crippen LogP contribution is 2.29. The van der Waals surface area contributed by atoms with Crippen LogP contribution in [0.2, 0.25) is 0 Å². The van der Waals surface area contributed by atoms with Crippen LogP contribution in [-0.2, 0) is 4.74 Å². The molecule has 30 heavy (non-hydrogen) atoms. The lowest BCUT2D eigenvalue weighted by Crippen LogP contribution is -2.26. The number of hydrogen-bond acceptors (Lipinski definition) is 8. The number of carbonyl (C=O) groups excluding carboxylic acids is 1. The quantitative estimate of drug-likeness (QED) is 0.485. The van der Waals surface area contributed by atoms with Gasteiger partial charge in [-0.25, -0.2) is 14.8 Å². The van der Waals surface area contributed by atoms with Crippen molar-refractivity contribution in [2.75, 3.05) is 43.3 Å². The summed E-state index contributed by atoms with van der Waals surface area (Å²) in [6, 6.07) is 5.17. The number of ether oxygens (including phenoxy) is 2. The first-order valence-corrected chi connectivity index (χ1v) is 9.69. The second-order valence-electron chi connectivity index (χ2n) is 6.69. The van der Waals surface area contributed by atoms with Gasteiger partial charge in [-0.3, -0.25) is 0 Å². The zero-order chi connectivity index (χ0) is 20.9. The highest BCUT2D eigenvalue weighted by molar-refractivity contribution is 5.93. The minimum atomic E-state index is -0.351. The van der Waals surface area contributed by atoms with Crippen molar-refractivity contribution in [1.82, 2.24) is 24.9 Å². The van der Waals surface area contributed by atoms with E-state index in [1.165, 1.54) is 0 Å². The Balaban J connectivity index is 1.63. The molecule has 1 saturated heterocycles. The molecule has 4 rings (SSSR count). The smallest absolute Gasteiger partial charge is 0.319 e. The van der Waals surface area contributed by atoms with Gasteiger partial charge >= 0.3 is 6.03 Å². The fraction of sp³-hybridized carbons (Fsp3) is 0.368. The molecule has 1 fully saturated rings. The lowest BCUT2D eigenvalue weighted by atomic mass is 10.1. The molecule has 2 amide bonds. The number of fused-ring (bicyclic) bond motifs is 1. The van der Waals surface area contributed by atoms with Crippen molar-refractivity contribution in [1.29, 1.82) is 0 Å². The Labute approximate surface area is 173 Å². The van der Waals surface area contributed by atoms with Crippen LogP contribution in [0.25, 0.3) is 5.65 Å². The van der Waals surface area contributed by atoms with Crippen LogP contribution in [0.1, 0.15) is 12.8 Å². The van der Waals surface area contributed by atoms with Crippen LogP contribution < -0.4 is 26.0 Å². The fourth-order valence-electron chi connectivity index (χ4n) is 3.15. The SMILES string of the molecule is CNC(=O)Nc1cnn2c(NC)cc(Nc3cccnc3OC3CCOCC3)nc12. The minimum Gasteiger partial charge on any atom is -0.473 e. The number of rotatable bonds is 6. The van der Waals surface area contributed by atoms with E-state index in [0.717, 1.165) is 12.8 Å². The van der Waals surface area contributed by atoms with Gasteiger partial charge in [0, 0.05) is 39.2 Å². The van der Waals surface area contributed by atoms with Crippen LogP contribution in [-0.4, -0.2) is 59.0 Å².